The second-order valence-corrected chi connectivity index (χ2v) is 3.84. The minimum Gasteiger partial charge on any atom is -0.316 e. The quantitative estimate of drug-likeness (QED) is 0.641. The third kappa shape index (κ3) is 2.66. The Morgan fingerprint density at radius 3 is 3.00 bits per heavy atom. The van der Waals surface area contributed by atoms with Crippen LogP contribution in [0.2, 0.25) is 0 Å². The van der Waals surface area contributed by atoms with E-state index in [0.29, 0.717) is 12.4 Å². The van der Waals surface area contributed by atoms with E-state index < -0.39 is 0 Å². The van der Waals surface area contributed by atoms with Gasteiger partial charge < -0.3 is 10.6 Å². The van der Waals surface area contributed by atoms with Crippen molar-refractivity contribution in [3.63, 3.8) is 0 Å². The van der Waals surface area contributed by atoms with Crippen molar-refractivity contribution >= 4 is 11.7 Å². The third-order valence-electron chi connectivity index (χ3n) is 2.60. The molecule has 2 heterocycles. The van der Waals surface area contributed by atoms with Crippen molar-refractivity contribution in [1.29, 1.82) is 0 Å². The number of amides is 1. The second-order valence-electron chi connectivity index (χ2n) is 3.84. The van der Waals surface area contributed by atoms with Crippen molar-refractivity contribution < 1.29 is 4.79 Å². The molecule has 6 nitrogen and oxygen atoms in total. The maximum atomic E-state index is 11.8. The summed E-state index contributed by atoms with van der Waals surface area (Å²) >= 11 is 0. The average Bonchev–Trinajstić information content (AvgIpc) is 2.33. The van der Waals surface area contributed by atoms with E-state index in [9.17, 15) is 9.59 Å². The summed E-state index contributed by atoms with van der Waals surface area (Å²) in [4.78, 5) is 22.5. The molecule has 0 bridgehead atoms. The first kappa shape index (κ1) is 10.8. The van der Waals surface area contributed by atoms with Gasteiger partial charge in [-0.1, -0.05) is 0 Å². The standard InChI is InChI=1S/C10H14N4O2/c15-9-4-3-8(13-14-9)12-10(16)7-2-1-5-11-6-7/h3-4,7,11H,1-2,5-6H2,(H,14,15)(H,12,13,16)/t7-/m1/s1. The Balaban J connectivity index is 1.95. The summed E-state index contributed by atoms with van der Waals surface area (Å²) in [6.07, 6.45) is 1.90. The fraction of sp³-hybridized carbons (Fsp3) is 0.500. The van der Waals surface area contributed by atoms with Gasteiger partial charge >= 0.3 is 0 Å². The minimum absolute atomic E-state index is 0.0116. The molecule has 6 heteroatoms. The summed E-state index contributed by atoms with van der Waals surface area (Å²) in [5.74, 6) is 0.324. The second kappa shape index (κ2) is 4.89. The number of carbonyl (C=O) groups excluding carboxylic acids is 1. The lowest BCUT2D eigenvalue weighted by atomic mass is 9.99. The summed E-state index contributed by atoms with van der Waals surface area (Å²) in [5, 5.41) is 11.8. The van der Waals surface area contributed by atoms with Crippen molar-refractivity contribution in [2.24, 2.45) is 5.92 Å². The van der Waals surface area contributed by atoms with Crippen LogP contribution in [-0.2, 0) is 4.79 Å². The molecule has 1 aromatic rings. The van der Waals surface area contributed by atoms with Crippen LogP contribution in [0.1, 0.15) is 12.8 Å². The average molecular weight is 222 g/mol. The first-order chi connectivity index (χ1) is 7.75. The molecule has 1 atom stereocenters. The Morgan fingerprint density at radius 2 is 2.38 bits per heavy atom. The highest BCUT2D eigenvalue weighted by Crippen LogP contribution is 2.11. The molecule has 0 spiro atoms. The van der Waals surface area contributed by atoms with Gasteiger partial charge in [0.15, 0.2) is 5.82 Å². The molecule has 0 unspecified atom stereocenters. The van der Waals surface area contributed by atoms with Gasteiger partial charge in [-0.3, -0.25) is 9.59 Å². The molecule has 3 N–H and O–H groups in total. The molecule has 0 saturated carbocycles. The van der Waals surface area contributed by atoms with Crippen LogP contribution in [0.15, 0.2) is 16.9 Å². The van der Waals surface area contributed by atoms with Gasteiger partial charge in [0.25, 0.3) is 5.56 Å². The summed E-state index contributed by atoms with van der Waals surface area (Å²) in [5.41, 5.74) is -0.280. The van der Waals surface area contributed by atoms with E-state index in [4.69, 9.17) is 0 Å². The van der Waals surface area contributed by atoms with Crippen LogP contribution in [0, 0.1) is 5.92 Å². The van der Waals surface area contributed by atoms with E-state index in [1.807, 2.05) is 0 Å². The molecule has 1 amide bonds. The number of hydrogen-bond acceptors (Lipinski definition) is 4. The van der Waals surface area contributed by atoms with Crippen LogP contribution in [0.25, 0.3) is 0 Å². The molecular weight excluding hydrogens is 208 g/mol. The number of carbonyl (C=O) groups is 1. The van der Waals surface area contributed by atoms with E-state index in [1.165, 1.54) is 12.1 Å². The Morgan fingerprint density at radius 1 is 1.50 bits per heavy atom. The van der Waals surface area contributed by atoms with Gasteiger partial charge in [-0.05, 0) is 25.5 Å². The van der Waals surface area contributed by atoms with Crippen molar-refractivity contribution in [3.8, 4) is 0 Å². The Bertz CT molecular complexity index is 403. The number of rotatable bonds is 2. The molecule has 1 aliphatic rings. The zero-order valence-electron chi connectivity index (χ0n) is 8.82. The van der Waals surface area contributed by atoms with Gasteiger partial charge in [0.1, 0.15) is 0 Å². The summed E-state index contributed by atoms with van der Waals surface area (Å²) < 4.78 is 0. The van der Waals surface area contributed by atoms with Crippen LogP contribution >= 0.6 is 0 Å². The Labute approximate surface area is 92.4 Å². The van der Waals surface area contributed by atoms with E-state index in [1.54, 1.807) is 0 Å². The van der Waals surface area contributed by atoms with Gasteiger partial charge in [0.05, 0.1) is 5.92 Å². The fourth-order valence-corrected chi connectivity index (χ4v) is 1.72. The molecule has 1 saturated heterocycles. The van der Waals surface area contributed by atoms with Crippen molar-refractivity contribution in [1.82, 2.24) is 15.5 Å². The smallest absolute Gasteiger partial charge is 0.264 e. The van der Waals surface area contributed by atoms with E-state index >= 15 is 0 Å². The lowest BCUT2D eigenvalue weighted by Crippen LogP contribution is -2.37. The first-order valence-electron chi connectivity index (χ1n) is 5.33. The minimum atomic E-state index is -0.280. The van der Waals surface area contributed by atoms with Crippen molar-refractivity contribution in [3.05, 3.63) is 22.5 Å². The molecule has 1 aliphatic heterocycles. The van der Waals surface area contributed by atoms with E-state index in [2.05, 4.69) is 20.8 Å². The maximum absolute atomic E-state index is 11.8. The van der Waals surface area contributed by atoms with Gasteiger partial charge in [0, 0.05) is 12.6 Å². The monoisotopic (exact) mass is 222 g/mol. The number of piperidine rings is 1. The highest BCUT2D eigenvalue weighted by atomic mass is 16.2. The zero-order valence-corrected chi connectivity index (χ0v) is 8.82. The molecule has 16 heavy (non-hydrogen) atoms. The SMILES string of the molecule is O=C(Nc1ccc(=O)[nH]n1)[C@@H]1CCCNC1. The predicted molar refractivity (Wildman–Crippen MR) is 59.1 cm³/mol. The predicted octanol–water partition coefficient (Wildman–Crippen LogP) is -0.292. The highest BCUT2D eigenvalue weighted by Gasteiger charge is 2.20. The largest absolute Gasteiger partial charge is 0.316 e. The first-order valence-corrected chi connectivity index (χ1v) is 5.33. The molecule has 1 aromatic heterocycles. The van der Waals surface area contributed by atoms with Gasteiger partial charge in [-0.15, -0.1) is 0 Å². The Kier molecular flexibility index (Phi) is 3.31. The zero-order chi connectivity index (χ0) is 11.4. The third-order valence-corrected chi connectivity index (χ3v) is 2.60. The topological polar surface area (TPSA) is 86.9 Å². The summed E-state index contributed by atoms with van der Waals surface area (Å²) in [6, 6.07) is 2.83. The fourth-order valence-electron chi connectivity index (χ4n) is 1.72. The molecule has 0 aliphatic carbocycles. The highest BCUT2D eigenvalue weighted by molar-refractivity contribution is 5.91. The molecular formula is C10H14N4O2. The Hall–Kier alpha value is -1.69. The summed E-state index contributed by atoms with van der Waals surface area (Å²) in [7, 11) is 0. The number of H-pyrrole nitrogens is 1. The molecule has 0 radical (unpaired) electrons. The number of anilines is 1. The number of nitrogens with zero attached hydrogens (tertiary/aromatic N) is 1. The maximum Gasteiger partial charge on any atom is 0.264 e. The molecule has 2 rings (SSSR count). The number of aromatic amines is 1. The van der Waals surface area contributed by atoms with Crippen molar-refractivity contribution in [2.45, 2.75) is 12.8 Å². The van der Waals surface area contributed by atoms with Gasteiger partial charge in [-0.25, -0.2) is 5.10 Å². The number of hydrogen-bond donors (Lipinski definition) is 3. The molecule has 0 aromatic carbocycles. The van der Waals surface area contributed by atoms with Crippen molar-refractivity contribution in [2.75, 3.05) is 18.4 Å². The van der Waals surface area contributed by atoms with Gasteiger partial charge in [0.2, 0.25) is 5.91 Å². The van der Waals surface area contributed by atoms with Crippen LogP contribution in [-0.4, -0.2) is 29.2 Å². The van der Waals surface area contributed by atoms with E-state index in [0.717, 1.165) is 19.4 Å². The lowest BCUT2D eigenvalue weighted by Gasteiger charge is -2.21. The molecule has 86 valence electrons. The van der Waals surface area contributed by atoms with Gasteiger partial charge in [-0.2, -0.15) is 5.10 Å². The van der Waals surface area contributed by atoms with Crippen LogP contribution < -0.4 is 16.2 Å². The number of aromatic nitrogens is 2. The number of nitrogens with one attached hydrogen (secondary N) is 3. The molecule has 1 fully saturated rings. The summed E-state index contributed by atoms with van der Waals surface area (Å²) in [6.45, 7) is 1.68. The lowest BCUT2D eigenvalue weighted by molar-refractivity contribution is -0.120. The van der Waals surface area contributed by atoms with Crippen LogP contribution in [0.3, 0.4) is 0 Å². The normalized spacial score (nSPS) is 20.4. The van der Waals surface area contributed by atoms with E-state index in [-0.39, 0.29) is 17.4 Å². The van der Waals surface area contributed by atoms with Crippen LogP contribution in [0.5, 0.6) is 0 Å². The van der Waals surface area contributed by atoms with Crippen LogP contribution in [0.4, 0.5) is 5.82 Å².